The number of ether oxygens (including phenoxy) is 1. The van der Waals surface area contributed by atoms with Gasteiger partial charge in [-0.1, -0.05) is 35.9 Å². The Bertz CT molecular complexity index is 811. The minimum absolute atomic E-state index is 0.239. The molecular formula is C18H15ClN2O2. The Morgan fingerprint density at radius 1 is 1.13 bits per heavy atom. The molecule has 0 radical (unpaired) electrons. The van der Waals surface area contributed by atoms with E-state index in [0.717, 1.165) is 16.8 Å². The quantitative estimate of drug-likeness (QED) is 0.637. The van der Waals surface area contributed by atoms with E-state index >= 15 is 0 Å². The summed E-state index contributed by atoms with van der Waals surface area (Å²) in [6, 6.07) is 14.9. The fourth-order valence-electron chi connectivity index (χ4n) is 2.17. The predicted octanol–water partition coefficient (Wildman–Crippen LogP) is 3.75. The highest BCUT2D eigenvalue weighted by Crippen LogP contribution is 2.26. The summed E-state index contributed by atoms with van der Waals surface area (Å²) in [6.45, 7) is 0. The van der Waals surface area contributed by atoms with Crippen molar-refractivity contribution in [3.63, 3.8) is 0 Å². The van der Waals surface area contributed by atoms with Crippen LogP contribution in [0.5, 0.6) is 0 Å². The molecule has 5 heteroatoms. The molecule has 0 fully saturated rings. The zero-order chi connectivity index (χ0) is 16.4. The molecule has 0 atom stereocenters. The molecule has 1 aliphatic heterocycles. The fraction of sp³-hybridized carbons (Fsp3) is 0.111. The van der Waals surface area contributed by atoms with Gasteiger partial charge in [-0.15, -0.1) is 0 Å². The van der Waals surface area contributed by atoms with Crippen LogP contribution in [0.4, 0.5) is 5.69 Å². The Hall–Kier alpha value is -2.59. The summed E-state index contributed by atoms with van der Waals surface area (Å²) in [5.41, 5.74) is 2.71. The van der Waals surface area contributed by atoms with E-state index in [0.29, 0.717) is 10.9 Å². The topological polar surface area (TPSA) is 41.9 Å². The van der Waals surface area contributed by atoms with E-state index in [1.54, 1.807) is 6.08 Å². The Balaban J connectivity index is 1.93. The zero-order valence-corrected chi connectivity index (χ0v) is 13.5. The van der Waals surface area contributed by atoms with Crippen molar-refractivity contribution < 1.29 is 9.53 Å². The Morgan fingerprint density at radius 3 is 2.52 bits per heavy atom. The van der Waals surface area contributed by atoms with Gasteiger partial charge in [-0.2, -0.15) is 0 Å². The Morgan fingerprint density at radius 2 is 1.87 bits per heavy atom. The van der Waals surface area contributed by atoms with Crippen molar-refractivity contribution in [2.24, 2.45) is 4.99 Å². The van der Waals surface area contributed by atoms with Gasteiger partial charge in [0.15, 0.2) is 5.70 Å². The number of carbonyl (C=O) groups excluding carboxylic acids is 1. The lowest BCUT2D eigenvalue weighted by Crippen LogP contribution is -2.08. The van der Waals surface area contributed by atoms with E-state index < -0.39 is 5.97 Å². The molecule has 0 spiro atoms. The van der Waals surface area contributed by atoms with Crippen molar-refractivity contribution >= 4 is 35.2 Å². The van der Waals surface area contributed by atoms with Crippen LogP contribution in [-0.2, 0) is 9.53 Å². The van der Waals surface area contributed by atoms with E-state index in [1.807, 2.05) is 67.5 Å². The molecular weight excluding hydrogens is 312 g/mol. The van der Waals surface area contributed by atoms with Gasteiger partial charge in [-0.3, -0.25) is 0 Å². The van der Waals surface area contributed by atoms with Crippen LogP contribution >= 0.6 is 11.6 Å². The van der Waals surface area contributed by atoms with E-state index in [1.165, 1.54) is 0 Å². The molecule has 0 amide bonds. The van der Waals surface area contributed by atoms with E-state index in [-0.39, 0.29) is 5.70 Å². The van der Waals surface area contributed by atoms with Crippen LogP contribution in [0.15, 0.2) is 59.2 Å². The average Bonchev–Trinajstić information content (AvgIpc) is 2.91. The van der Waals surface area contributed by atoms with Crippen LogP contribution in [0.3, 0.4) is 0 Å². The van der Waals surface area contributed by atoms with Gasteiger partial charge in [0.2, 0.25) is 5.90 Å². The van der Waals surface area contributed by atoms with Crippen molar-refractivity contribution in [1.82, 2.24) is 0 Å². The monoisotopic (exact) mass is 326 g/mol. The third-order valence-electron chi connectivity index (χ3n) is 3.43. The first-order valence-electron chi connectivity index (χ1n) is 7.09. The molecule has 0 aliphatic carbocycles. The highest BCUT2D eigenvalue weighted by Gasteiger charge is 2.24. The highest BCUT2D eigenvalue weighted by atomic mass is 35.5. The van der Waals surface area contributed by atoms with Crippen LogP contribution in [0.25, 0.3) is 6.08 Å². The fourth-order valence-corrected chi connectivity index (χ4v) is 2.40. The first-order valence-corrected chi connectivity index (χ1v) is 7.47. The number of cyclic esters (lactones) is 1. The molecule has 0 saturated heterocycles. The molecule has 2 aromatic carbocycles. The standard InChI is InChI=1S/C18H15ClN2O2/c1-21(2)14-9-8-13(15(19)11-14)10-16-18(22)23-17(20-16)12-6-4-3-5-7-12/h3-11H,1-2H3. The smallest absolute Gasteiger partial charge is 0.363 e. The minimum Gasteiger partial charge on any atom is -0.402 e. The Labute approximate surface area is 139 Å². The maximum Gasteiger partial charge on any atom is 0.363 e. The summed E-state index contributed by atoms with van der Waals surface area (Å²) in [5, 5.41) is 0.555. The maximum absolute atomic E-state index is 12.0. The summed E-state index contributed by atoms with van der Waals surface area (Å²) in [5.74, 6) is -0.167. The molecule has 3 rings (SSSR count). The van der Waals surface area contributed by atoms with Crippen LogP contribution in [-0.4, -0.2) is 26.0 Å². The van der Waals surface area contributed by atoms with Gasteiger partial charge < -0.3 is 9.64 Å². The molecule has 0 N–H and O–H groups in total. The second-order valence-corrected chi connectivity index (χ2v) is 5.71. The van der Waals surface area contributed by atoms with Gasteiger partial charge in [-0.05, 0) is 35.9 Å². The van der Waals surface area contributed by atoms with Gasteiger partial charge in [0.25, 0.3) is 0 Å². The number of rotatable bonds is 3. The number of aliphatic imine (C=N–C) groups is 1. The van der Waals surface area contributed by atoms with E-state index in [2.05, 4.69) is 4.99 Å². The molecule has 1 aliphatic rings. The third-order valence-corrected chi connectivity index (χ3v) is 3.76. The highest BCUT2D eigenvalue weighted by molar-refractivity contribution is 6.32. The summed E-state index contributed by atoms with van der Waals surface area (Å²) in [6.07, 6.45) is 1.64. The number of carbonyl (C=O) groups is 1. The van der Waals surface area contributed by atoms with Gasteiger partial charge in [0, 0.05) is 30.4 Å². The zero-order valence-electron chi connectivity index (χ0n) is 12.8. The SMILES string of the molecule is CN(C)c1ccc(C=C2N=C(c3ccccc3)OC2=O)c(Cl)c1. The molecule has 0 unspecified atom stereocenters. The van der Waals surface area contributed by atoms with Crippen LogP contribution in [0.1, 0.15) is 11.1 Å². The lowest BCUT2D eigenvalue weighted by atomic mass is 10.1. The van der Waals surface area contributed by atoms with Crippen LogP contribution < -0.4 is 4.90 Å². The summed E-state index contributed by atoms with van der Waals surface area (Å²) >= 11 is 6.28. The van der Waals surface area contributed by atoms with E-state index in [4.69, 9.17) is 16.3 Å². The number of hydrogen-bond acceptors (Lipinski definition) is 4. The molecule has 1 heterocycles. The summed E-state index contributed by atoms with van der Waals surface area (Å²) < 4.78 is 5.23. The molecule has 0 saturated carbocycles. The predicted molar refractivity (Wildman–Crippen MR) is 92.8 cm³/mol. The van der Waals surface area contributed by atoms with Crippen molar-refractivity contribution in [3.8, 4) is 0 Å². The number of anilines is 1. The number of esters is 1. The lowest BCUT2D eigenvalue weighted by Gasteiger charge is -2.13. The molecule has 2 aromatic rings. The van der Waals surface area contributed by atoms with Crippen molar-refractivity contribution in [2.45, 2.75) is 0 Å². The molecule has 116 valence electrons. The third kappa shape index (κ3) is 3.27. The minimum atomic E-state index is -0.475. The van der Waals surface area contributed by atoms with Crippen molar-refractivity contribution in [2.75, 3.05) is 19.0 Å². The molecule has 0 bridgehead atoms. The van der Waals surface area contributed by atoms with Gasteiger partial charge in [0.1, 0.15) is 0 Å². The first-order chi connectivity index (χ1) is 11.0. The van der Waals surface area contributed by atoms with Gasteiger partial charge in [0.05, 0.1) is 0 Å². The normalized spacial score (nSPS) is 15.5. The first kappa shape index (κ1) is 15.3. The number of hydrogen-bond donors (Lipinski definition) is 0. The second kappa shape index (κ2) is 6.26. The number of nitrogens with zero attached hydrogens (tertiary/aromatic N) is 2. The largest absolute Gasteiger partial charge is 0.402 e. The summed E-state index contributed by atoms with van der Waals surface area (Å²) in [7, 11) is 3.88. The molecule has 23 heavy (non-hydrogen) atoms. The van der Waals surface area contributed by atoms with Gasteiger partial charge >= 0.3 is 5.97 Å². The van der Waals surface area contributed by atoms with Crippen molar-refractivity contribution in [1.29, 1.82) is 0 Å². The number of benzene rings is 2. The average molecular weight is 327 g/mol. The maximum atomic E-state index is 12.0. The summed E-state index contributed by atoms with van der Waals surface area (Å²) in [4.78, 5) is 18.2. The lowest BCUT2D eigenvalue weighted by molar-refractivity contribution is -0.129. The number of halogens is 1. The molecule has 0 aromatic heterocycles. The van der Waals surface area contributed by atoms with E-state index in [9.17, 15) is 4.79 Å². The van der Waals surface area contributed by atoms with Crippen LogP contribution in [0.2, 0.25) is 5.02 Å². The molecule has 4 nitrogen and oxygen atoms in total. The van der Waals surface area contributed by atoms with Crippen molar-refractivity contribution in [3.05, 3.63) is 70.4 Å². The van der Waals surface area contributed by atoms with Gasteiger partial charge in [-0.25, -0.2) is 9.79 Å². The Kier molecular flexibility index (Phi) is 4.17. The second-order valence-electron chi connectivity index (χ2n) is 5.30. The van der Waals surface area contributed by atoms with Crippen LogP contribution in [0, 0.1) is 0 Å².